The molecule has 0 aromatic carbocycles. The van der Waals surface area contributed by atoms with Crippen LogP contribution in [-0.2, 0) is 11.8 Å². The van der Waals surface area contributed by atoms with Crippen LogP contribution >= 0.6 is 7.00 Å². The van der Waals surface area contributed by atoms with Gasteiger partial charge in [0, 0.05) is 14.1 Å². The van der Waals surface area contributed by atoms with Gasteiger partial charge >= 0.3 is 7.00 Å². The molecule has 1 saturated heterocycles. The molecule has 1 fully saturated rings. The summed E-state index contributed by atoms with van der Waals surface area (Å²) in [6.45, 7) is 1.95. The van der Waals surface area contributed by atoms with Crippen LogP contribution in [0.5, 0.6) is 0 Å². The van der Waals surface area contributed by atoms with Crippen molar-refractivity contribution in [1.29, 1.82) is 0 Å². The summed E-state index contributed by atoms with van der Waals surface area (Å²) in [5.74, 6) is 0. The smallest absolute Gasteiger partial charge is 0.105 e. The quantitative estimate of drug-likeness (QED) is 0.467. The first-order valence-electron chi connectivity index (χ1n) is 2.61. The molecule has 0 N–H and O–H groups in total. The van der Waals surface area contributed by atoms with E-state index >= 15 is 0 Å². The van der Waals surface area contributed by atoms with Gasteiger partial charge in [0.05, 0.1) is 13.1 Å². The van der Waals surface area contributed by atoms with E-state index in [9.17, 15) is 0 Å². The van der Waals surface area contributed by atoms with Crippen molar-refractivity contribution in [3.63, 3.8) is 0 Å². The number of nitrogens with zero attached hydrogens (tertiary/aromatic N) is 2. The van der Waals surface area contributed by atoms with Crippen molar-refractivity contribution in [3.05, 3.63) is 0 Å². The fourth-order valence-corrected chi connectivity index (χ4v) is 2.25. The van der Waals surface area contributed by atoms with E-state index in [1.165, 1.54) is 0 Å². The molecule has 0 amide bonds. The van der Waals surface area contributed by atoms with Crippen LogP contribution in [0.25, 0.3) is 0 Å². The summed E-state index contributed by atoms with van der Waals surface area (Å²) < 4.78 is 4.45. The van der Waals surface area contributed by atoms with Crippen LogP contribution in [0.4, 0.5) is 0 Å². The third-order valence-corrected chi connectivity index (χ3v) is 4.57. The Balaban J connectivity index is 2.57. The van der Waals surface area contributed by atoms with E-state index in [4.69, 9.17) is 11.8 Å². The molecule has 2 nitrogen and oxygen atoms in total. The molecule has 4 heteroatoms. The van der Waals surface area contributed by atoms with Crippen LogP contribution in [0.1, 0.15) is 0 Å². The Bertz CT molecular complexity index is 105. The van der Waals surface area contributed by atoms with Gasteiger partial charge in [-0.2, -0.15) is 0 Å². The number of hydrogen-bond acceptors (Lipinski definition) is 1. The van der Waals surface area contributed by atoms with E-state index < -0.39 is 0 Å². The first-order valence-corrected chi connectivity index (χ1v) is 4.87. The minimum Gasteiger partial charge on any atom is -0.105 e. The molecule has 46 valence electrons. The Labute approximate surface area is 56.0 Å². The van der Waals surface area contributed by atoms with Crippen LogP contribution in [-0.4, -0.2) is 36.5 Å². The molecule has 0 radical (unpaired) electrons. The zero-order valence-electron chi connectivity index (χ0n) is 5.16. The van der Waals surface area contributed by atoms with E-state index in [0.717, 1.165) is 13.1 Å². The van der Waals surface area contributed by atoms with Gasteiger partial charge in [0.2, 0.25) is 11.8 Å². The Morgan fingerprint density at radius 3 is 1.75 bits per heavy atom. The lowest BCUT2D eigenvalue weighted by Crippen LogP contribution is -2.05. The lowest BCUT2D eigenvalue weighted by atomic mass is 10.6. The minimum absolute atomic E-state index is 0.337. The molecule has 1 aliphatic heterocycles. The SMILES string of the molecule is CN1CCN(C)[P+]1=S. The number of hydrogen-bond donors (Lipinski definition) is 0. The number of rotatable bonds is 0. The Morgan fingerprint density at radius 1 is 1.25 bits per heavy atom. The molecule has 1 aliphatic rings. The van der Waals surface area contributed by atoms with Crippen LogP contribution in [0.2, 0.25) is 0 Å². The molecule has 0 unspecified atom stereocenters. The summed E-state index contributed by atoms with van der Waals surface area (Å²) in [5.41, 5.74) is 0. The Hall–Kier alpha value is 0.440. The van der Waals surface area contributed by atoms with E-state index in [1.807, 2.05) is 0 Å². The van der Waals surface area contributed by atoms with Gasteiger partial charge < -0.3 is 0 Å². The molecule has 8 heavy (non-hydrogen) atoms. The lowest BCUT2D eigenvalue weighted by Gasteiger charge is -1.92. The highest BCUT2D eigenvalue weighted by molar-refractivity contribution is 8.03. The van der Waals surface area contributed by atoms with Crippen LogP contribution < -0.4 is 0 Å². The molecule has 0 aromatic rings. The van der Waals surface area contributed by atoms with Gasteiger partial charge in [0.15, 0.2) is 0 Å². The maximum Gasteiger partial charge on any atom is 0.365 e. The standard InChI is InChI=1S/C4H10N2PS/c1-5-3-4-6(2)7(5)8/h3-4H2,1-2H3/q+1. The van der Waals surface area contributed by atoms with Crippen molar-refractivity contribution in [3.8, 4) is 0 Å². The summed E-state index contributed by atoms with van der Waals surface area (Å²) in [6, 6.07) is 0. The van der Waals surface area contributed by atoms with Crippen LogP contribution in [0, 0.1) is 0 Å². The van der Waals surface area contributed by atoms with Crippen molar-refractivity contribution in [2.45, 2.75) is 0 Å². The highest BCUT2D eigenvalue weighted by Crippen LogP contribution is 2.33. The van der Waals surface area contributed by atoms with Crippen molar-refractivity contribution in [2.75, 3.05) is 27.2 Å². The maximum atomic E-state index is 5.16. The topological polar surface area (TPSA) is 6.48 Å². The largest absolute Gasteiger partial charge is 0.365 e. The van der Waals surface area contributed by atoms with Gasteiger partial charge in [0.25, 0.3) is 0 Å². The average molecular weight is 149 g/mol. The Morgan fingerprint density at radius 2 is 1.62 bits per heavy atom. The predicted octanol–water partition coefficient (Wildman–Crippen LogP) is 0.637. The summed E-state index contributed by atoms with van der Waals surface area (Å²) in [7, 11) is 4.17. The van der Waals surface area contributed by atoms with Gasteiger partial charge in [-0.25, -0.2) is 0 Å². The lowest BCUT2D eigenvalue weighted by molar-refractivity contribution is 0.553. The summed E-state index contributed by atoms with van der Waals surface area (Å²) in [5, 5.41) is 0. The predicted molar refractivity (Wildman–Crippen MR) is 39.5 cm³/mol. The maximum absolute atomic E-state index is 5.16. The molecule has 0 saturated carbocycles. The zero-order valence-corrected chi connectivity index (χ0v) is 6.88. The molecule has 0 spiro atoms. The molecule has 0 aliphatic carbocycles. The summed E-state index contributed by atoms with van der Waals surface area (Å²) in [6.07, 6.45) is 0. The third kappa shape index (κ3) is 1.06. The molecular weight excluding hydrogens is 139 g/mol. The molecular formula is C4H10N2PS+. The molecule has 1 rings (SSSR count). The fourth-order valence-electron chi connectivity index (χ4n) is 0.721. The fraction of sp³-hybridized carbons (Fsp3) is 1.00. The summed E-state index contributed by atoms with van der Waals surface area (Å²) in [4.78, 5) is 0. The van der Waals surface area contributed by atoms with Crippen LogP contribution in [0.15, 0.2) is 0 Å². The first kappa shape index (κ1) is 6.56. The normalized spacial score (nSPS) is 25.0. The van der Waals surface area contributed by atoms with E-state index in [-0.39, 0.29) is 7.00 Å². The summed E-state index contributed by atoms with van der Waals surface area (Å²) >= 11 is 5.16. The van der Waals surface area contributed by atoms with Crippen molar-refractivity contribution in [2.24, 2.45) is 0 Å². The van der Waals surface area contributed by atoms with Crippen molar-refractivity contribution >= 4 is 18.8 Å². The zero-order chi connectivity index (χ0) is 6.15. The van der Waals surface area contributed by atoms with Crippen molar-refractivity contribution < 1.29 is 0 Å². The first-order chi connectivity index (χ1) is 3.72. The average Bonchev–Trinajstić information content (AvgIpc) is 1.98. The highest BCUT2D eigenvalue weighted by Gasteiger charge is 2.31. The van der Waals surface area contributed by atoms with E-state index in [2.05, 4.69) is 23.4 Å². The van der Waals surface area contributed by atoms with Crippen LogP contribution in [0.3, 0.4) is 0 Å². The monoisotopic (exact) mass is 149 g/mol. The second kappa shape index (κ2) is 2.36. The van der Waals surface area contributed by atoms with E-state index in [0.29, 0.717) is 0 Å². The molecule has 0 bridgehead atoms. The highest BCUT2D eigenvalue weighted by atomic mass is 32.4. The second-order valence-corrected chi connectivity index (χ2v) is 4.87. The van der Waals surface area contributed by atoms with Gasteiger partial charge in [-0.1, -0.05) is 0 Å². The van der Waals surface area contributed by atoms with Gasteiger partial charge in [-0.3, -0.25) is 0 Å². The van der Waals surface area contributed by atoms with E-state index in [1.54, 1.807) is 0 Å². The van der Waals surface area contributed by atoms with Crippen molar-refractivity contribution in [1.82, 2.24) is 9.34 Å². The van der Waals surface area contributed by atoms with Gasteiger partial charge in [-0.05, 0) is 0 Å². The van der Waals surface area contributed by atoms with Gasteiger partial charge in [0.1, 0.15) is 0 Å². The van der Waals surface area contributed by atoms with Gasteiger partial charge in [-0.15, -0.1) is 9.34 Å². The minimum atomic E-state index is -0.337. The third-order valence-electron chi connectivity index (χ3n) is 1.33. The second-order valence-electron chi connectivity index (χ2n) is 2.02. The molecule has 0 atom stereocenters. The Kier molecular flexibility index (Phi) is 1.93. The number of likely N-dealkylation sites (N-methyl/N-ethyl adjacent to an activating group) is 2. The molecule has 0 aromatic heterocycles. The molecule has 1 heterocycles.